The molecule has 0 saturated carbocycles. The van der Waals surface area contributed by atoms with E-state index in [0.717, 1.165) is 12.8 Å². The zero-order valence-electron chi connectivity index (χ0n) is 8.04. The van der Waals surface area contributed by atoms with Crippen molar-refractivity contribution in [1.82, 2.24) is 0 Å². The zero-order chi connectivity index (χ0) is 9.56. The topological polar surface area (TPSA) is 46.5 Å². The summed E-state index contributed by atoms with van der Waals surface area (Å²) in [6.45, 7) is 4.11. The summed E-state index contributed by atoms with van der Waals surface area (Å²) in [5.41, 5.74) is 0. The number of methoxy groups -OCH3 is 1. The number of esters is 1. The number of hydrogen-bond acceptors (Lipinski definition) is 3. The SMILES string of the molecule is CCCC(C)CC(O)C(=O)OC. The fourth-order valence-corrected chi connectivity index (χ4v) is 1.22. The molecule has 0 aromatic rings. The molecule has 0 bridgehead atoms. The van der Waals surface area contributed by atoms with E-state index in [9.17, 15) is 9.90 Å². The molecule has 2 unspecified atom stereocenters. The van der Waals surface area contributed by atoms with E-state index in [-0.39, 0.29) is 0 Å². The van der Waals surface area contributed by atoms with E-state index in [4.69, 9.17) is 0 Å². The molecule has 0 aliphatic rings. The van der Waals surface area contributed by atoms with Crippen LogP contribution in [0.5, 0.6) is 0 Å². The molecule has 0 aromatic carbocycles. The van der Waals surface area contributed by atoms with Crippen molar-refractivity contribution in [2.75, 3.05) is 7.11 Å². The molecule has 0 radical (unpaired) electrons. The highest BCUT2D eigenvalue weighted by molar-refractivity contribution is 5.74. The molecule has 72 valence electrons. The molecule has 0 spiro atoms. The van der Waals surface area contributed by atoms with Crippen LogP contribution in [0.1, 0.15) is 33.1 Å². The highest BCUT2D eigenvalue weighted by Crippen LogP contribution is 2.12. The minimum Gasteiger partial charge on any atom is -0.467 e. The van der Waals surface area contributed by atoms with Crippen molar-refractivity contribution in [2.24, 2.45) is 5.92 Å². The first-order chi connectivity index (χ1) is 5.61. The van der Waals surface area contributed by atoms with Crippen molar-refractivity contribution < 1.29 is 14.6 Å². The Balaban J connectivity index is 3.67. The quantitative estimate of drug-likeness (QED) is 0.640. The summed E-state index contributed by atoms with van der Waals surface area (Å²) in [5, 5.41) is 9.24. The van der Waals surface area contributed by atoms with Gasteiger partial charge in [0.2, 0.25) is 0 Å². The van der Waals surface area contributed by atoms with E-state index in [0.29, 0.717) is 12.3 Å². The number of rotatable bonds is 5. The van der Waals surface area contributed by atoms with Crippen LogP contribution in [-0.4, -0.2) is 24.3 Å². The van der Waals surface area contributed by atoms with Gasteiger partial charge in [-0.15, -0.1) is 0 Å². The van der Waals surface area contributed by atoms with Crippen LogP contribution in [0.25, 0.3) is 0 Å². The van der Waals surface area contributed by atoms with Gasteiger partial charge in [0, 0.05) is 0 Å². The molecule has 0 amide bonds. The molecule has 0 aliphatic heterocycles. The molecule has 12 heavy (non-hydrogen) atoms. The molecule has 0 saturated heterocycles. The van der Waals surface area contributed by atoms with E-state index in [1.54, 1.807) is 0 Å². The lowest BCUT2D eigenvalue weighted by Crippen LogP contribution is -2.23. The van der Waals surface area contributed by atoms with Crippen LogP contribution in [0.15, 0.2) is 0 Å². The number of hydrogen-bond donors (Lipinski definition) is 1. The van der Waals surface area contributed by atoms with Crippen molar-refractivity contribution in [3.63, 3.8) is 0 Å². The van der Waals surface area contributed by atoms with Gasteiger partial charge in [-0.3, -0.25) is 0 Å². The average molecular weight is 174 g/mol. The second-order valence-corrected chi connectivity index (χ2v) is 3.17. The number of carbonyl (C=O) groups excluding carboxylic acids is 1. The predicted molar refractivity (Wildman–Crippen MR) is 46.7 cm³/mol. The van der Waals surface area contributed by atoms with Gasteiger partial charge in [-0.2, -0.15) is 0 Å². The molecule has 3 nitrogen and oxygen atoms in total. The molecule has 0 fully saturated rings. The predicted octanol–water partition coefficient (Wildman–Crippen LogP) is 1.35. The lowest BCUT2D eigenvalue weighted by atomic mass is 9.99. The van der Waals surface area contributed by atoms with Crippen LogP contribution in [0.3, 0.4) is 0 Å². The van der Waals surface area contributed by atoms with Crippen LogP contribution in [-0.2, 0) is 9.53 Å². The second-order valence-electron chi connectivity index (χ2n) is 3.17. The van der Waals surface area contributed by atoms with Crippen LogP contribution >= 0.6 is 0 Å². The van der Waals surface area contributed by atoms with Gasteiger partial charge in [-0.25, -0.2) is 4.79 Å². The van der Waals surface area contributed by atoms with E-state index in [2.05, 4.69) is 11.7 Å². The van der Waals surface area contributed by atoms with Gasteiger partial charge in [0.05, 0.1) is 7.11 Å². The fourth-order valence-electron chi connectivity index (χ4n) is 1.22. The number of aliphatic hydroxyl groups excluding tert-OH is 1. The van der Waals surface area contributed by atoms with E-state index in [1.807, 2.05) is 6.92 Å². The lowest BCUT2D eigenvalue weighted by molar-refractivity contribution is -0.151. The number of aliphatic hydroxyl groups is 1. The number of carbonyl (C=O) groups is 1. The van der Waals surface area contributed by atoms with Crippen molar-refractivity contribution in [3.05, 3.63) is 0 Å². The maximum absolute atomic E-state index is 10.8. The summed E-state index contributed by atoms with van der Waals surface area (Å²) < 4.78 is 4.40. The first-order valence-electron chi connectivity index (χ1n) is 4.37. The highest BCUT2D eigenvalue weighted by Gasteiger charge is 2.17. The molecule has 1 N–H and O–H groups in total. The van der Waals surface area contributed by atoms with Crippen molar-refractivity contribution >= 4 is 5.97 Å². The Hall–Kier alpha value is -0.570. The Bertz CT molecular complexity index is 134. The lowest BCUT2D eigenvalue weighted by Gasteiger charge is -2.13. The third-order valence-corrected chi connectivity index (χ3v) is 1.88. The van der Waals surface area contributed by atoms with Gasteiger partial charge in [0.25, 0.3) is 0 Å². The molecule has 0 aliphatic carbocycles. The third-order valence-electron chi connectivity index (χ3n) is 1.88. The summed E-state index contributed by atoms with van der Waals surface area (Å²) in [7, 11) is 1.29. The molecule has 0 aromatic heterocycles. The van der Waals surface area contributed by atoms with Gasteiger partial charge in [-0.05, 0) is 12.3 Å². The standard InChI is InChI=1S/C9H18O3/c1-4-5-7(2)6-8(10)9(11)12-3/h7-8,10H,4-6H2,1-3H3. The highest BCUT2D eigenvalue weighted by atomic mass is 16.5. The van der Waals surface area contributed by atoms with Gasteiger partial charge >= 0.3 is 5.97 Å². The molecule has 3 heteroatoms. The van der Waals surface area contributed by atoms with Crippen molar-refractivity contribution in [2.45, 2.75) is 39.2 Å². The Morgan fingerprint density at radius 2 is 2.17 bits per heavy atom. The van der Waals surface area contributed by atoms with Crippen LogP contribution in [0, 0.1) is 5.92 Å². The monoisotopic (exact) mass is 174 g/mol. The van der Waals surface area contributed by atoms with Gasteiger partial charge in [-0.1, -0.05) is 26.7 Å². The normalized spacial score (nSPS) is 15.3. The molecule has 0 rings (SSSR count). The maximum Gasteiger partial charge on any atom is 0.334 e. The van der Waals surface area contributed by atoms with Crippen LogP contribution in [0.2, 0.25) is 0 Å². The first-order valence-corrected chi connectivity index (χ1v) is 4.37. The van der Waals surface area contributed by atoms with Gasteiger partial charge in [0.1, 0.15) is 0 Å². The van der Waals surface area contributed by atoms with Crippen molar-refractivity contribution in [1.29, 1.82) is 0 Å². The van der Waals surface area contributed by atoms with E-state index >= 15 is 0 Å². The molecule has 2 atom stereocenters. The molecular formula is C9H18O3. The largest absolute Gasteiger partial charge is 0.467 e. The minimum absolute atomic E-state index is 0.379. The summed E-state index contributed by atoms with van der Waals surface area (Å²) >= 11 is 0. The Kier molecular flexibility index (Phi) is 5.72. The molecular weight excluding hydrogens is 156 g/mol. The third kappa shape index (κ3) is 4.34. The first kappa shape index (κ1) is 11.4. The average Bonchev–Trinajstić information content (AvgIpc) is 2.03. The molecule has 0 heterocycles. The maximum atomic E-state index is 10.8. The van der Waals surface area contributed by atoms with Crippen molar-refractivity contribution in [3.8, 4) is 0 Å². The summed E-state index contributed by atoms with van der Waals surface area (Å²) in [6.07, 6.45) is 1.67. The summed E-state index contributed by atoms with van der Waals surface area (Å²) in [5.74, 6) is -0.151. The Morgan fingerprint density at radius 3 is 2.58 bits per heavy atom. The Labute approximate surface area is 73.7 Å². The summed E-state index contributed by atoms with van der Waals surface area (Å²) in [6, 6.07) is 0. The van der Waals surface area contributed by atoms with Crippen LogP contribution in [0.4, 0.5) is 0 Å². The zero-order valence-corrected chi connectivity index (χ0v) is 8.04. The van der Waals surface area contributed by atoms with Gasteiger partial charge < -0.3 is 9.84 Å². The van der Waals surface area contributed by atoms with E-state index in [1.165, 1.54) is 7.11 Å². The minimum atomic E-state index is -0.948. The van der Waals surface area contributed by atoms with Crippen LogP contribution < -0.4 is 0 Å². The summed E-state index contributed by atoms with van der Waals surface area (Å²) in [4.78, 5) is 10.8. The Morgan fingerprint density at radius 1 is 1.58 bits per heavy atom. The smallest absolute Gasteiger partial charge is 0.334 e. The fraction of sp³-hybridized carbons (Fsp3) is 0.889. The second kappa shape index (κ2) is 6.00. The van der Waals surface area contributed by atoms with E-state index < -0.39 is 12.1 Å². The number of ether oxygens (including phenoxy) is 1. The van der Waals surface area contributed by atoms with Gasteiger partial charge in [0.15, 0.2) is 6.10 Å².